The number of aryl methyl sites for hydroxylation is 2. The van der Waals surface area contributed by atoms with Gasteiger partial charge in [0, 0.05) is 19.1 Å². The summed E-state index contributed by atoms with van der Waals surface area (Å²) in [4.78, 5) is 0. The van der Waals surface area contributed by atoms with Crippen LogP contribution < -0.4 is 4.57 Å². The highest BCUT2D eigenvalue weighted by Gasteiger charge is 2.61. The summed E-state index contributed by atoms with van der Waals surface area (Å²) in [6.45, 7) is 9.34. The van der Waals surface area contributed by atoms with E-state index in [1.807, 2.05) is 0 Å². The molecule has 3 unspecified atom stereocenters. The van der Waals surface area contributed by atoms with Gasteiger partial charge in [-0.2, -0.15) is 0 Å². The van der Waals surface area contributed by atoms with E-state index in [2.05, 4.69) is 106 Å². The van der Waals surface area contributed by atoms with Crippen molar-refractivity contribution in [1.82, 2.24) is 0 Å². The van der Waals surface area contributed by atoms with Gasteiger partial charge in [-0.25, -0.2) is 4.57 Å². The second kappa shape index (κ2) is 6.80. The number of pyridine rings is 1. The highest BCUT2D eigenvalue weighted by atomic mass is 14.9. The lowest BCUT2D eigenvalue weighted by Gasteiger charge is -2.39. The van der Waals surface area contributed by atoms with Gasteiger partial charge in [0.15, 0.2) is 6.20 Å². The van der Waals surface area contributed by atoms with Crippen molar-refractivity contribution in [3.8, 4) is 22.4 Å². The molecular formula is C29H34N+. The zero-order valence-corrected chi connectivity index (χ0v) is 19.0. The van der Waals surface area contributed by atoms with E-state index in [4.69, 9.17) is 0 Å². The van der Waals surface area contributed by atoms with Crippen molar-refractivity contribution in [2.24, 2.45) is 23.8 Å². The van der Waals surface area contributed by atoms with Crippen molar-refractivity contribution >= 4 is 0 Å². The van der Waals surface area contributed by atoms with Gasteiger partial charge in [0.2, 0.25) is 5.69 Å². The number of hydrogen-bond acceptors (Lipinski definition) is 0. The minimum Gasteiger partial charge on any atom is -0.201 e. The molecule has 2 saturated carbocycles. The SMILES string of the molecule is [2H]C1(c2cccc(-c3cc[n+](C)c(-c4ccccc4C)c3)c2)CC2CCC1(C)C2(C)C. The van der Waals surface area contributed by atoms with Crippen LogP contribution >= 0.6 is 0 Å². The van der Waals surface area contributed by atoms with Gasteiger partial charge in [-0.15, -0.1) is 0 Å². The summed E-state index contributed by atoms with van der Waals surface area (Å²) < 4.78 is 11.9. The van der Waals surface area contributed by atoms with Gasteiger partial charge in [0.05, 0.1) is 0 Å². The summed E-state index contributed by atoms with van der Waals surface area (Å²) in [6, 6.07) is 21.9. The number of nitrogens with zero attached hydrogens (tertiary/aromatic N) is 1. The lowest BCUT2D eigenvalue weighted by Crippen LogP contribution is -2.31. The van der Waals surface area contributed by atoms with E-state index in [-0.39, 0.29) is 10.8 Å². The quantitative estimate of drug-likeness (QED) is 0.416. The van der Waals surface area contributed by atoms with Crippen molar-refractivity contribution in [3.63, 3.8) is 0 Å². The third-order valence-corrected chi connectivity index (χ3v) is 8.67. The lowest BCUT2D eigenvalue weighted by atomic mass is 9.65. The Morgan fingerprint density at radius 2 is 1.73 bits per heavy atom. The molecule has 2 aliphatic carbocycles. The Morgan fingerprint density at radius 3 is 2.43 bits per heavy atom. The fraction of sp³-hybridized carbons (Fsp3) is 0.414. The number of aromatic nitrogens is 1. The van der Waals surface area contributed by atoms with E-state index in [1.165, 1.54) is 39.9 Å². The Hall–Kier alpha value is -2.41. The zero-order valence-electron chi connectivity index (χ0n) is 20.0. The fourth-order valence-electron chi connectivity index (χ4n) is 6.17. The maximum absolute atomic E-state index is 9.66. The number of hydrogen-bond donors (Lipinski definition) is 0. The number of benzene rings is 2. The van der Waals surface area contributed by atoms with E-state index in [0.29, 0.717) is 5.92 Å². The van der Waals surface area contributed by atoms with Gasteiger partial charge in [-0.1, -0.05) is 63.2 Å². The summed E-state index contributed by atoms with van der Waals surface area (Å²) in [5.41, 5.74) is 7.64. The first-order valence-electron chi connectivity index (χ1n) is 11.8. The minimum atomic E-state index is -0.506. The van der Waals surface area contributed by atoms with Crippen LogP contribution in [0.4, 0.5) is 0 Å². The van der Waals surface area contributed by atoms with Crippen LogP contribution in [0.1, 0.15) is 58.4 Å². The molecule has 0 saturated heterocycles. The first-order valence-corrected chi connectivity index (χ1v) is 11.3. The molecule has 30 heavy (non-hydrogen) atoms. The van der Waals surface area contributed by atoms with Crippen LogP contribution in [-0.2, 0) is 7.05 Å². The molecule has 1 aromatic heterocycles. The van der Waals surface area contributed by atoms with Crippen LogP contribution in [0.15, 0.2) is 66.9 Å². The summed E-state index contributed by atoms with van der Waals surface area (Å²) in [6.07, 6.45) is 5.58. The van der Waals surface area contributed by atoms with E-state index in [1.54, 1.807) is 0 Å². The second-order valence-corrected chi connectivity index (χ2v) is 10.3. The Morgan fingerprint density at radius 1 is 0.967 bits per heavy atom. The highest BCUT2D eigenvalue weighted by molar-refractivity contribution is 5.70. The van der Waals surface area contributed by atoms with Crippen LogP contribution in [0.25, 0.3) is 22.4 Å². The molecule has 3 atom stereocenters. The molecule has 154 valence electrons. The standard InChI is InChI=1S/C29H34N/c1-20-9-6-7-12-25(20)27-18-22(14-16-30(27)5)21-10-8-11-23(17-21)26-19-24-13-15-29(26,4)28(24,2)3/h6-12,14,16-18,24,26H,13,15,19H2,1-5H3/q+1/i26D. The molecule has 0 amide bonds. The molecule has 1 heterocycles. The van der Waals surface area contributed by atoms with Crippen molar-refractivity contribution in [2.75, 3.05) is 0 Å². The van der Waals surface area contributed by atoms with Crippen LogP contribution in [0, 0.1) is 23.7 Å². The smallest absolute Gasteiger partial charge is 0.201 e. The average Bonchev–Trinajstić information content (AvgIpc) is 3.07. The molecule has 2 bridgehead atoms. The second-order valence-electron chi connectivity index (χ2n) is 10.3. The van der Waals surface area contributed by atoms with Crippen molar-refractivity contribution < 1.29 is 5.94 Å². The lowest BCUT2D eigenvalue weighted by molar-refractivity contribution is -0.660. The number of fused-ring (bicyclic) bond motifs is 2. The van der Waals surface area contributed by atoms with E-state index in [9.17, 15) is 1.37 Å². The zero-order chi connectivity index (χ0) is 22.0. The normalized spacial score (nSPS) is 29.8. The Bertz CT molecular complexity index is 1160. The molecule has 1 heteroatoms. The van der Waals surface area contributed by atoms with Gasteiger partial charge in [0.1, 0.15) is 7.05 Å². The maximum Gasteiger partial charge on any atom is 0.213 e. The molecule has 0 aliphatic heterocycles. The summed E-state index contributed by atoms with van der Waals surface area (Å²) in [5, 5.41) is 0. The first-order chi connectivity index (χ1) is 14.7. The van der Waals surface area contributed by atoms with E-state index < -0.39 is 5.89 Å². The highest BCUT2D eigenvalue weighted by Crippen LogP contribution is 2.70. The first kappa shape index (κ1) is 18.4. The van der Waals surface area contributed by atoms with E-state index >= 15 is 0 Å². The summed E-state index contributed by atoms with van der Waals surface area (Å²) in [5.74, 6) is 0.148. The topological polar surface area (TPSA) is 3.88 Å². The van der Waals surface area contributed by atoms with Crippen LogP contribution in [0.2, 0.25) is 0 Å². The summed E-state index contributed by atoms with van der Waals surface area (Å²) >= 11 is 0. The van der Waals surface area contributed by atoms with Crippen molar-refractivity contribution in [1.29, 1.82) is 0 Å². The number of rotatable bonds is 3. The Balaban J connectivity index is 1.59. The molecule has 3 aromatic rings. The minimum absolute atomic E-state index is 0.0265. The predicted octanol–water partition coefficient (Wildman–Crippen LogP) is 7.08. The average molecular weight is 398 g/mol. The molecule has 2 fully saturated rings. The maximum atomic E-state index is 9.66. The fourth-order valence-corrected chi connectivity index (χ4v) is 6.17. The van der Waals surface area contributed by atoms with Gasteiger partial charge in [-0.05, 0) is 77.1 Å². The summed E-state index contributed by atoms with van der Waals surface area (Å²) in [7, 11) is 2.11. The molecule has 2 aliphatic rings. The molecule has 0 N–H and O–H groups in total. The van der Waals surface area contributed by atoms with E-state index in [0.717, 1.165) is 12.8 Å². The Kier molecular flexibility index (Phi) is 4.17. The molecule has 2 aromatic carbocycles. The van der Waals surface area contributed by atoms with Crippen LogP contribution in [0.3, 0.4) is 0 Å². The molecule has 0 radical (unpaired) electrons. The third-order valence-electron chi connectivity index (χ3n) is 8.67. The molecule has 1 nitrogen and oxygen atoms in total. The third kappa shape index (κ3) is 2.78. The monoisotopic (exact) mass is 397 g/mol. The van der Waals surface area contributed by atoms with Gasteiger partial charge in [-0.3, -0.25) is 0 Å². The van der Waals surface area contributed by atoms with Gasteiger partial charge < -0.3 is 0 Å². The molecular weight excluding hydrogens is 362 g/mol. The molecule has 5 rings (SSSR count). The Labute approximate surface area is 183 Å². The van der Waals surface area contributed by atoms with Crippen molar-refractivity contribution in [3.05, 3.63) is 78.0 Å². The van der Waals surface area contributed by atoms with Crippen LogP contribution in [0.5, 0.6) is 0 Å². The van der Waals surface area contributed by atoms with Gasteiger partial charge >= 0.3 is 0 Å². The predicted molar refractivity (Wildman–Crippen MR) is 125 cm³/mol. The van der Waals surface area contributed by atoms with Crippen LogP contribution in [-0.4, -0.2) is 0 Å². The largest absolute Gasteiger partial charge is 0.213 e. The van der Waals surface area contributed by atoms with Crippen molar-refractivity contribution in [2.45, 2.75) is 52.9 Å². The van der Waals surface area contributed by atoms with Gasteiger partial charge in [0.25, 0.3) is 0 Å². The molecule has 0 spiro atoms.